The number of thioether (sulfide) groups is 1. The summed E-state index contributed by atoms with van der Waals surface area (Å²) >= 11 is 1.94. The van der Waals surface area contributed by atoms with Gasteiger partial charge in [-0.1, -0.05) is 29.8 Å². The summed E-state index contributed by atoms with van der Waals surface area (Å²) in [5.74, 6) is 2.47. The number of amides is 1. The summed E-state index contributed by atoms with van der Waals surface area (Å²) in [5, 5.41) is 3.43. The van der Waals surface area contributed by atoms with E-state index in [0.29, 0.717) is 12.5 Å². The summed E-state index contributed by atoms with van der Waals surface area (Å²) in [4.78, 5) is 14.4. The standard InChI is InChI=1S/C16H24N2OS/c1-3-18(11-14-6-4-5-13(2)9-14)16(19)10-15-12-20-8-7-17-15/h4-6,9,15,17H,3,7-8,10-12H2,1-2H3. The molecule has 1 saturated heterocycles. The number of hydrogen-bond acceptors (Lipinski definition) is 3. The SMILES string of the molecule is CCN(Cc1cccc(C)c1)C(=O)CC1CSCCN1. The van der Waals surface area contributed by atoms with Gasteiger partial charge in [0, 0.05) is 43.6 Å². The van der Waals surface area contributed by atoms with Gasteiger partial charge in [0.25, 0.3) is 0 Å². The van der Waals surface area contributed by atoms with Gasteiger partial charge in [0.05, 0.1) is 0 Å². The summed E-state index contributed by atoms with van der Waals surface area (Å²) in [6.07, 6.45) is 0.618. The molecule has 1 atom stereocenters. The highest BCUT2D eigenvalue weighted by Crippen LogP contribution is 2.13. The first-order chi connectivity index (χ1) is 9.69. The van der Waals surface area contributed by atoms with E-state index in [1.165, 1.54) is 11.1 Å². The number of rotatable bonds is 5. The van der Waals surface area contributed by atoms with Crippen LogP contribution in [-0.4, -0.2) is 41.4 Å². The van der Waals surface area contributed by atoms with Crippen LogP contribution in [0.4, 0.5) is 0 Å². The van der Waals surface area contributed by atoms with E-state index in [9.17, 15) is 4.79 Å². The van der Waals surface area contributed by atoms with Crippen molar-refractivity contribution in [1.82, 2.24) is 10.2 Å². The van der Waals surface area contributed by atoms with Crippen molar-refractivity contribution >= 4 is 17.7 Å². The van der Waals surface area contributed by atoms with E-state index in [0.717, 1.165) is 31.1 Å². The highest BCUT2D eigenvalue weighted by molar-refractivity contribution is 7.99. The van der Waals surface area contributed by atoms with E-state index in [4.69, 9.17) is 0 Å². The molecule has 1 unspecified atom stereocenters. The van der Waals surface area contributed by atoms with Crippen LogP contribution in [0.1, 0.15) is 24.5 Å². The quantitative estimate of drug-likeness (QED) is 0.904. The molecule has 0 aromatic heterocycles. The predicted octanol–water partition coefficient (Wildman–Crippen LogP) is 2.44. The molecule has 0 radical (unpaired) electrons. The second-order valence-corrected chi connectivity index (χ2v) is 6.48. The predicted molar refractivity (Wildman–Crippen MR) is 86.0 cm³/mol. The molecule has 1 heterocycles. The Labute approximate surface area is 126 Å². The smallest absolute Gasteiger partial charge is 0.224 e. The molecule has 0 spiro atoms. The Hall–Kier alpha value is -1.00. The number of benzene rings is 1. The van der Waals surface area contributed by atoms with Gasteiger partial charge in [-0.2, -0.15) is 11.8 Å². The van der Waals surface area contributed by atoms with Crippen LogP contribution >= 0.6 is 11.8 Å². The fraction of sp³-hybridized carbons (Fsp3) is 0.562. The van der Waals surface area contributed by atoms with Gasteiger partial charge in [0.1, 0.15) is 0 Å². The molecule has 1 aliphatic rings. The Bertz CT molecular complexity index is 444. The molecule has 1 aromatic carbocycles. The van der Waals surface area contributed by atoms with Crippen molar-refractivity contribution in [2.45, 2.75) is 32.9 Å². The lowest BCUT2D eigenvalue weighted by Gasteiger charge is -2.27. The molecule has 0 bridgehead atoms. The first-order valence-corrected chi connectivity index (χ1v) is 8.49. The Morgan fingerprint density at radius 2 is 2.35 bits per heavy atom. The van der Waals surface area contributed by atoms with Crippen molar-refractivity contribution in [3.05, 3.63) is 35.4 Å². The highest BCUT2D eigenvalue weighted by Gasteiger charge is 2.20. The molecular weight excluding hydrogens is 268 g/mol. The van der Waals surface area contributed by atoms with Crippen LogP contribution in [0.25, 0.3) is 0 Å². The Morgan fingerprint density at radius 1 is 1.50 bits per heavy atom. The molecule has 110 valence electrons. The topological polar surface area (TPSA) is 32.3 Å². The van der Waals surface area contributed by atoms with Gasteiger partial charge in [0.15, 0.2) is 0 Å². The minimum atomic E-state index is 0.258. The number of nitrogens with zero attached hydrogens (tertiary/aromatic N) is 1. The Kier molecular flexibility index (Phi) is 5.92. The van der Waals surface area contributed by atoms with Crippen LogP contribution in [0.3, 0.4) is 0 Å². The van der Waals surface area contributed by atoms with Crippen molar-refractivity contribution in [1.29, 1.82) is 0 Å². The number of carbonyl (C=O) groups excluding carboxylic acids is 1. The summed E-state index contributed by atoms with van der Waals surface area (Å²) in [6.45, 7) is 6.65. The molecule has 1 N–H and O–H groups in total. The van der Waals surface area contributed by atoms with Gasteiger partial charge in [-0.05, 0) is 19.4 Å². The molecule has 20 heavy (non-hydrogen) atoms. The molecule has 1 aromatic rings. The minimum Gasteiger partial charge on any atom is -0.339 e. The fourth-order valence-electron chi connectivity index (χ4n) is 2.50. The zero-order valence-electron chi connectivity index (χ0n) is 12.4. The third-order valence-corrected chi connectivity index (χ3v) is 4.74. The first-order valence-electron chi connectivity index (χ1n) is 7.33. The third kappa shape index (κ3) is 4.53. The maximum atomic E-state index is 12.4. The van der Waals surface area contributed by atoms with Gasteiger partial charge in [-0.15, -0.1) is 0 Å². The monoisotopic (exact) mass is 292 g/mol. The molecule has 2 rings (SSSR count). The summed E-state index contributed by atoms with van der Waals surface area (Å²) < 4.78 is 0. The van der Waals surface area contributed by atoms with Crippen molar-refractivity contribution in [2.24, 2.45) is 0 Å². The maximum Gasteiger partial charge on any atom is 0.224 e. The second kappa shape index (κ2) is 7.70. The average molecular weight is 292 g/mol. The number of carbonyl (C=O) groups is 1. The maximum absolute atomic E-state index is 12.4. The fourth-order valence-corrected chi connectivity index (χ4v) is 3.45. The number of aryl methyl sites for hydroxylation is 1. The van der Waals surface area contributed by atoms with E-state index in [2.05, 4.69) is 43.4 Å². The summed E-state index contributed by atoms with van der Waals surface area (Å²) in [6, 6.07) is 8.74. The zero-order chi connectivity index (χ0) is 14.4. The number of hydrogen-bond donors (Lipinski definition) is 1. The highest BCUT2D eigenvalue weighted by atomic mass is 32.2. The largest absolute Gasteiger partial charge is 0.339 e. The first kappa shape index (κ1) is 15.4. The average Bonchev–Trinajstić information content (AvgIpc) is 2.46. The van der Waals surface area contributed by atoms with Crippen molar-refractivity contribution in [3.8, 4) is 0 Å². The summed E-state index contributed by atoms with van der Waals surface area (Å²) in [7, 11) is 0. The zero-order valence-corrected chi connectivity index (χ0v) is 13.2. The van der Waals surface area contributed by atoms with Gasteiger partial charge in [0.2, 0.25) is 5.91 Å². The van der Waals surface area contributed by atoms with E-state index < -0.39 is 0 Å². The van der Waals surface area contributed by atoms with Gasteiger partial charge in [-0.3, -0.25) is 4.79 Å². The molecular formula is C16H24N2OS. The summed E-state index contributed by atoms with van der Waals surface area (Å²) in [5.41, 5.74) is 2.46. The van der Waals surface area contributed by atoms with Gasteiger partial charge in [-0.25, -0.2) is 0 Å². The molecule has 0 aliphatic carbocycles. The number of nitrogens with one attached hydrogen (secondary N) is 1. The van der Waals surface area contributed by atoms with E-state index >= 15 is 0 Å². The molecule has 4 heteroatoms. The lowest BCUT2D eigenvalue weighted by molar-refractivity contribution is -0.132. The molecule has 1 amide bonds. The molecule has 3 nitrogen and oxygen atoms in total. The van der Waals surface area contributed by atoms with Crippen LogP contribution in [-0.2, 0) is 11.3 Å². The normalized spacial score (nSPS) is 18.8. The molecule has 0 saturated carbocycles. The van der Waals surface area contributed by atoms with E-state index in [1.54, 1.807) is 0 Å². The van der Waals surface area contributed by atoms with E-state index in [-0.39, 0.29) is 5.91 Å². The van der Waals surface area contributed by atoms with Crippen LogP contribution in [0.2, 0.25) is 0 Å². The van der Waals surface area contributed by atoms with Crippen LogP contribution in [0, 0.1) is 6.92 Å². The molecule has 1 fully saturated rings. The lowest BCUT2D eigenvalue weighted by Crippen LogP contribution is -2.42. The minimum absolute atomic E-state index is 0.258. The second-order valence-electron chi connectivity index (χ2n) is 5.33. The Balaban J connectivity index is 1.91. The van der Waals surface area contributed by atoms with Crippen molar-refractivity contribution in [2.75, 3.05) is 24.6 Å². The third-order valence-electron chi connectivity index (χ3n) is 3.61. The van der Waals surface area contributed by atoms with E-state index in [1.807, 2.05) is 16.7 Å². The van der Waals surface area contributed by atoms with Crippen LogP contribution < -0.4 is 5.32 Å². The Morgan fingerprint density at radius 3 is 3.00 bits per heavy atom. The van der Waals surface area contributed by atoms with Gasteiger partial charge >= 0.3 is 0 Å². The van der Waals surface area contributed by atoms with Crippen LogP contribution in [0.5, 0.6) is 0 Å². The van der Waals surface area contributed by atoms with Crippen molar-refractivity contribution < 1.29 is 4.79 Å². The molecule has 1 aliphatic heterocycles. The van der Waals surface area contributed by atoms with Crippen LogP contribution in [0.15, 0.2) is 24.3 Å². The van der Waals surface area contributed by atoms with Gasteiger partial charge < -0.3 is 10.2 Å². The van der Waals surface area contributed by atoms with Crippen molar-refractivity contribution in [3.63, 3.8) is 0 Å². The lowest BCUT2D eigenvalue weighted by atomic mass is 10.1.